The summed E-state index contributed by atoms with van der Waals surface area (Å²) in [7, 11) is 1.94. The van der Waals surface area contributed by atoms with Gasteiger partial charge in [-0.1, -0.05) is 0 Å². The van der Waals surface area contributed by atoms with Crippen molar-refractivity contribution in [2.45, 2.75) is 18.9 Å². The number of nitrogens with zero attached hydrogens (tertiary/aromatic N) is 5. The smallest absolute Gasteiger partial charge is 0.257 e. The summed E-state index contributed by atoms with van der Waals surface area (Å²) in [5, 5.41) is 7.35. The van der Waals surface area contributed by atoms with Gasteiger partial charge in [0.25, 0.3) is 5.91 Å². The number of nitrogens with one attached hydrogen (secondary N) is 1. The van der Waals surface area contributed by atoms with Crippen LogP contribution in [0.15, 0.2) is 37.1 Å². The number of amides is 1. The third kappa shape index (κ3) is 3.00. The predicted molar refractivity (Wildman–Crippen MR) is 89.9 cm³/mol. The molecule has 0 bridgehead atoms. The van der Waals surface area contributed by atoms with Crippen LogP contribution in [0.3, 0.4) is 0 Å². The van der Waals surface area contributed by atoms with Crippen LogP contribution in [0.25, 0.3) is 5.65 Å². The lowest BCUT2D eigenvalue weighted by Crippen LogP contribution is -2.37. The third-order valence-electron chi connectivity index (χ3n) is 4.68. The first kappa shape index (κ1) is 15.8. The molecule has 1 amide bonds. The number of aromatic nitrogens is 5. The fourth-order valence-electron chi connectivity index (χ4n) is 3.33. The van der Waals surface area contributed by atoms with E-state index in [1.807, 2.05) is 17.8 Å². The number of hydrogen-bond acceptors (Lipinski definition) is 5. The lowest BCUT2D eigenvalue weighted by molar-refractivity contribution is 0.0499. The molecule has 1 fully saturated rings. The van der Waals surface area contributed by atoms with Gasteiger partial charge in [-0.3, -0.25) is 4.79 Å². The van der Waals surface area contributed by atoms with E-state index in [9.17, 15) is 4.79 Å². The summed E-state index contributed by atoms with van der Waals surface area (Å²) in [5.41, 5.74) is 1.01. The highest BCUT2D eigenvalue weighted by Crippen LogP contribution is 2.29. The molecule has 4 rings (SSSR count). The molecule has 0 spiro atoms. The van der Waals surface area contributed by atoms with Gasteiger partial charge < -0.3 is 14.6 Å². The molecule has 3 aromatic rings. The summed E-state index contributed by atoms with van der Waals surface area (Å²) in [5.74, 6) is 0.950. The van der Waals surface area contributed by atoms with Crippen molar-refractivity contribution in [1.29, 1.82) is 0 Å². The molecular weight excluding hydrogens is 320 g/mol. The summed E-state index contributed by atoms with van der Waals surface area (Å²) >= 11 is 0. The normalized spacial score (nSPS) is 16.8. The fourth-order valence-corrected chi connectivity index (χ4v) is 3.33. The minimum absolute atomic E-state index is 0.171. The number of imidazole rings is 1. The Morgan fingerprint density at radius 1 is 1.28 bits per heavy atom. The Hall–Kier alpha value is -2.74. The Morgan fingerprint density at radius 3 is 2.88 bits per heavy atom. The minimum atomic E-state index is -0.187. The van der Waals surface area contributed by atoms with Gasteiger partial charge in [0.15, 0.2) is 5.65 Å². The second-order valence-corrected chi connectivity index (χ2v) is 6.24. The van der Waals surface area contributed by atoms with Crippen LogP contribution < -0.4 is 5.32 Å². The van der Waals surface area contributed by atoms with E-state index in [1.165, 1.54) is 0 Å². The fraction of sp³-hybridized carbons (Fsp3) is 0.412. The van der Waals surface area contributed by atoms with Gasteiger partial charge in [0.1, 0.15) is 11.4 Å². The predicted octanol–water partition coefficient (Wildman–Crippen LogP) is 1.36. The zero-order valence-corrected chi connectivity index (χ0v) is 14.0. The highest BCUT2D eigenvalue weighted by atomic mass is 16.5. The molecule has 0 radical (unpaired) electrons. The zero-order chi connectivity index (χ0) is 17.2. The van der Waals surface area contributed by atoms with Crippen LogP contribution in [0.1, 0.15) is 35.1 Å². The van der Waals surface area contributed by atoms with Crippen molar-refractivity contribution in [3.63, 3.8) is 0 Å². The maximum atomic E-state index is 12.9. The molecule has 1 aliphatic rings. The number of carbonyl (C=O) groups is 1. The Morgan fingerprint density at radius 2 is 2.12 bits per heavy atom. The van der Waals surface area contributed by atoms with Crippen LogP contribution in [0.4, 0.5) is 0 Å². The Kier molecular flexibility index (Phi) is 4.19. The molecule has 0 aromatic carbocycles. The molecule has 8 heteroatoms. The second-order valence-electron chi connectivity index (χ2n) is 6.24. The topological polar surface area (TPSA) is 86.3 Å². The quantitative estimate of drug-likeness (QED) is 0.775. The average Bonchev–Trinajstić information content (AvgIpc) is 3.26. The van der Waals surface area contributed by atoms with E-state index < -0.39 is 0 Å². The first-order chi connectivity index (χ1) is 12.2. The molecule has 1 saturated heterocycles. The van der Waals surface area contributed by atoms with Crippen LogP contribution in [0, 0.1) is 5.92 Å². The SMILES string of the molecule is Cn1ccnc1C(NC(=O)c1cnn2cccnc12)C1CCOCC1. The molecule has 8 nitrogen and oxygen atoms in total. The Balaban J connectivity index is 1.63. The maximum absolute atomic E-state index is 12.9. The van der Waals surface area contributed by atoms with E-state index in [1.54, 1.807) is 35.4 Å². The van der Waals surface area contributed by atoms with Gasteiger partial charge in [0.2, 0.25) is 0 Å². The summed E-state index contributed by atoms with van der Waals surface area (Å²) in [6, 6.07) is 1.61. The van der Waals surface area contributed by atoms with Crippen molar-refractivity contribution < 1.29 is 9.53 Å². The molecule has 1 atom stereocenters. The van der Waals surface area contributed by atoms with Crippen LogP contribution in [-0.4, -0.2) is 43.3 Å². The van der Waals surface area contributed by atoms with Gasteiger partial charge in [-0.2, -0.15) is 5.10 Å². The molecule has 1 unspecified atom stereocenters. The van der Waals surface area contributed by atoms with E-state index in [2.05, 4.69) is 20.4 Å². The van der Waals surface area contributed by atoms with Crippen molar-refractivity contribution in [1.82, 2.24) is 29.5 Å². The molecule has 130 valence electrons. The lowest BCUT2D eigenvalue weighted by atomic mass is 9.91. The van der Waals surface area contributed by atoms with E-state index >= 15 is 0 Å². The number of hydrogen-bond donors (Lipinski definition) is 1. The van der Waals surface area contributed by atoms with Crippen LogP contribution in [0.2, 0.25) is 0 Å². The second kappa shape index (κ2) is 6.64. The number of carbonyl (C=O) groups excluding carboxylic acids is 1. The highest BCUT2D eigenvalue weighted by molar-refractivity contribution is 5.99. The van der Waals surface area contributed by atoms with Gasteiger partial charge in [-0.25, -0.2) is 14.5 Å². The van der Waals surface area contributed by atoms with Crippen molar-refractivity contribution in [2.24, 2.45) is 13.0 Å². The van der Waals surface area contributed by atoms with E-state index in [4.69, 9.17) is 4.74 Å². The first-order valence-electron chi connectivity index (χ1n) is 8.38. The summed E-state index contributed by atoms with van der Waals surface area (Å²) in [4.78, 5) is 21.6. The zero-order valence-electron chi connectivity index (χ0n) is 14.0. The average molecular weight is 340 g/mol. The van der Waals surface area contributed by atoms with Crippen molar-refractivity contribution in [3.8, 4) is 0 Å². The molecule has 1 aliphatic heterocycles. The van der Waals surface area contributed by atoms with Gasteiger partial charge in [0, 0.05) is 45.0 Å². The first-order valence-corrected chi connectivity index (χ1v) is 8.38. The summed E-state index contributed by atoms with van der Waals surface area (Å²) in [6.45, 7) is 1.42. The maximum Gasteiger partial charge on any atom is 0.257 e. The monoisotopic (exact) mass is 340 g/mol. The minimum Gasteiger partial charge on any atom is -0.381 e. The molecule has 3 aromatic heterocycles. The number of fused-ring (bicyclic) bond motifs is 1. The molecule has 4 heterocycles. The van der Waals surface area contributed by atoms with E-state index in [0.717, 1.165) is 18.7 Å². The van der Waals surface area contributed by atoms with Gasteiger partial charge >= 0.3 is 0 Å². The molecule has 1 N–H and O–H groups in total. The van der Waals surface area contributed by atoms with Crippen LogP contribution in [-0.2, 0) is 11.8 Å². The molecule has 25 heavy (non-hydrogen) atoms. The van der Waals surface area contributed by atoms with E-state index in [-0.39, 0.29) is 17.9 Å². The third-order valence-corrected chi connectivity index (χ3v) is 4.68. The Labute approximate surface area is 144 Å². The Bertz CT molecular complexity index is 880. The standard InChI is InChI=1S/C17H20N6O2/c1-22-8-6-19-16(22)14(12-3-9-25-10-4-12)21-17(24)13-11-20-23-7-2-5-18-15(13)23/h2,5-8,11-12,14H,3-4,9-10H2,1H3,(H,21,24). The summed E-state index contributed by atoms with van der Waals surface area (Å²) < 4.78 is 9.02. The molecular formula is C17H20N6O2. The van der Waals surface area contributed by atoms with Crippen molar-refractivity contribution in [3.05, 3.63) is 48.4 Å². The molecule has 0 aliphatic carbocycles. The van der Waals surface area contributed by atoms with Gasteiger partial charge in [0.05, 0.1) is 12.2 Å². The van der Waals surface area contributed by atoms with Crippen LogP contribution in [0.5, 0.6) is 0 Å². The van der Waals surface area contributed by atoms with Crippen molar-refractivity contribution >= 4 is 11.6 Å². The lowest BCUT2D eigenvalue weighted by Gasteiger charge is -2.30. The molecule has 0 saturated carbocycles. The van der Waals surface area contributed by atoms with E-state index in [0.29, 0.717) is 24.4 Å². The highest BCUT2D eigenvalue weighted by Gasteiger charge is 2.30. The number of aryl methyl sites for hydroxylation is 1. The largest absolute Gasteiger partial charge is 0.381 e. The van der Waals surface area contributed by atoms with Gasteiger partial charge in [-0.05, 0) is 24.8 Å². The van der Waals surface area contributed by atoms with Gasteiger partial charge in [-0.15, -0.1) is 0 Å². The number of ether oxygens (including phenoxy) is 1. The number of rotatable bonds is 4. The summed E-state index contributed by atoms with van der Waals surface area (Å²) in [6.07, 6.45) is 10.4. The van der Waals surface area contributed by atoms with Crippen molar-refractivity contribution in [2.75, 3.05) is 13.2 Å². The van der Waals surface area contributed by atoms with Crippen LogP contribution >= 0.6 is 0 Å².